The van der Waals surface area contributed by atoms with Crippen molar-refractivity contribution in [2.45, 2.75) is 33.2 Å². The Morgan fingerprint density at radius 3 is 2.79 bits per heavy atom. The summed E-state index contributed by atoms with van der Waals surface area (Å²) in [6.07, 6.45) is 2.04. The lowest BCUT2D eigenvalue weighted by atomic mass is 10.2. The van der Waals surface area contributed by atoms with Crippen molar-refractivity contribution in [1.82, 2.24) is 4.57 Å². The largest absolute Gasteiger partial charge is 0.494 e. The highest BCUT2D eigenvalue weighted by Gasteiger charge is 2.12. The van der Waals surface area contributed by atoms with E-state index in [4.69, 9.17) is 21.1 Å². The number of carbonyl (C=O) groups excluding carboxylic acids is 1. The first-order chi connectivity index (χ1) is 14.1. The molecule has 0 saturated carbocycles. The average Bonchev–Trinajstić information content (AvgIpc) is 3.07. The standard InChI is InChI=1S/C22H25ClN2O3S/c1-3-5-13-28-17-9-6-8-16(15-17)21(26)24-22-25(12-14-27-4-2)20-18(23)10-7-11-19(20)29-22/h6-11,15H,3-5,12-14H2,1-2H3. The molecule has 1 aromatic heterocycles. The van der Waals surface area contributed by atoms with Crippen molar-refractivity contribution in [2.75, 3.05) is 19.8 Å². The van der Waals surface area contributed by atoms with E-state index in [-0.39, 0.29) is 5.91 Å². The second kappa shape index (κ2) is 10.6. The van der Waals surface area contributed by atoms with E-state index in [0.717, 1.165) is 23.1 Å². The third kappa shape index (κ3) is 5.47. The number of hydrogen-bond donors (Lipinski definition) is 0. The van der Waals surface area contributed by atoms with Gasteiger partial charge in [0.05, 0.1) is 28.5 Å². The van der Waals surface area contributed by atoms with E-state index in [1.165, 1.54) is 11.3 Å². The van der Waals surface area contributed by atoms with Gasteiger partial charge in [-0.05, 0) is 43.7 Å². The van der Waals surface area contributed by atoms with E-state index in [1.807, 2.05) is 41.8 Å². The molecule has 1 amide bonds. The summed E-state index contributed by atoms with van der Waals surface area (Å²) in [7, 11) is 0. The number of unbranched alkanes of at least 4 members (excludes halogenated alkanes) is 1. The molecule has 5 nitrogen and oxygen atoms in total. The molecule has 0 aliphatic rings. The van der Waals surface area contributed by atoms with Gasteiger partial charge in [0.15, 0.2) is 4.80 Å². The Hall–Kier alpha value is -2.15. The maximum atomic E-state index is 12.8. The molecule has 0 unspecified atom stereocenters. The Bertz CT molecular complexity index is 1040. The zero-order valence-corrected chi connectivity index (χ0v) is 18.3. The van der Waals surface area contributed by atoms with Crippen LogP contribution in [-0.4, -0.2) is 30.3 Å². The number of ether oxygens (including phenoxy) is 2. The molecule has 154 valence electrons. The Morgan fingerprint density at radius 2 is 2.00 bits per heavy atom. The number of rotatable bonds is 9. The summed E-state index contributed by atoms with van der Waals surface area (Å²) in [6.45, 7) is 6.43. The van der Waals surface area contributed by atoms with Crippen LogP contribution in [0.3, 0.4) is 0 Å². The predicted octanol–water partition coefficient (Wildman–Crippen LogP) is 5.31. The highest BCUT2D eigenvalue weighted by molar-refractivity contribution is 7.16. The Labute approximate surface area is 179 Å². The fourth-order valence-corrected chi connectivity index (χ4v) is 4.30. The van der Waals surface area contributed by atoms with Gasteiger partial charge in [0.25, 0.3) is 5.91 Å². The first-order valence-electron chi connectivity index (χ1n) is 9.81. The lowest BCUT2D eigenvalue weighted by Gasteiger charge is -2.07. The SMILES string of the molecule is CCCCOc1cccc(C(=O)N=c2sc3cccc(Cl)c3n2CCOCC)c1. The number of para-hydroxylation sites is 1. The number of fused-ring (bicyclic) bond motifs is 1. The average molecular weight is 433 g/mol. The van der Waals surface area contributed by atoms with E-state index in [2.05, 4.69) is 11.9 Å². The van der Waals surface area contributed by atoms with E-state index < -0.39 is 0 Å². The zero-order valence-electron chi connectivity index (χ0n) is 16.7. The molecule has 0 atom stereocenters. The number of nitrogens with zero attached hydrogens (tertiary/aromatic N) is 2. The molecule has 0 saturated heterocycles. The summed E-state index contributed by atoms with van der Waals surface area (Å²) >= 11 is 7.87. The Morgan fingerprint density at radius 1 is 1.17 bits per heavy atom. The van der Waals surface area contributed by atoms with Crippen molar-refractivity contribution in [1.29, 1.82) is 0 Å². The molecule has 0 N–H and O–H groups in total. The fourth-order valence-electron chi connectivity index (χ4n) is 2.88. The van der Waals surface area contributed by atoms with Crippen molar-refractivity contribution >= 4 is 39.1 Å². The second-order valence-corrected chi connectivity index (χ2v) is 7.88. The van der Waals surface area contributed by atoms with Gasteiger partial charge in [0, 0.05) is 18.7 Å². The van der Waals surface area contributed by atoms with Gasteiger partial charge in [0.2, 0.25) is 0 Å². The van der Waals surface area contributed by atoms with Crippen LogP contribution in [0.5, 0.6) is 5.75 Å². The molecule has 1 heterocycles. The summed E-state index contributed by atoms with van der Waals surface area (Å²) in [5.41, 5.74) is 1.38. The number of aromatic nitrogens is 1. The van der Waals surface area contributed by atoms with Crippen LogP contribution in [0.25, 0.3) is 10.2 Å². The van der Waals surface area contributed by atoms with Crippen molar-refractivity contribution in [3.05, 3.63) is 57.9 Å². The van der Waals surface area contributed by atoms with Crippen LogP contribution in [-0.2, 0) is 11.3 Å². The van der Waals surface area contributed by atoms with Crippen LogP contribution in [0.1, 0.15) is 37.0 Å². The second-order valence-electron chi connectivity index (χ2n) is 6.47. The zero-order chi connectivity index (χ0) is 20.6. The van der Waals surface area contributed by atoms with Gasteiger partial charge < -0.3 is 14.0 Å². The molecule has 0 radical (unpaired) electrons. The normalized spacial score (nSPS) is 11.9. The Kier molecular flexibility index (Phi) is 7.86. The number of carbonyl (C=O) groups is 1. The summed E-state index contributed by atoms with van der Waals surface area (Å²) in [4.78, 5) is 17.9. The highest BCUT2D eigenvalue weighted by Crippen LogP contribution is 2.25. The van der Waals surface area contributed by atoms with Crippen LogP contribution < -0.4 is 9.54 Å². The van der Waals surface area contributed by atoms with Gasteiger partial charge in [0.1, 0.15) is 5.75 Å². The number of halogens is 1. The summed E-state index contributed by atoms with van der Waals surface area (Å²) in [6, 6.07) is 12.9. The lowest BCUT2D eigenvalue weighted by Crippen LogP contribution is -2.20. The highest BCUT2D eigenvalue weighted by atomic mass is 35.5. The minimum absolute atomic E-state index is 0.307. The third-order valence-corrected chi connectivity index (χ3v) is 5.71. The number of thiazole rings is 1. The van der Waals surface area contributed by atoms with Crippen LogP contribution >= 0.6 is 22.9 Å². The molecule has 0 aliphatic heterocycles. The molecule has 2 aromatic carbocycles. The monoisotopic (exact) mass is 432 g/mol. The van der Waals surface area contributed by atoms with E-state index in [0.29, 0.717) is 47.5 Å². The van der Waals surface area contributed by atoms with Crippen molar-refractivity contribution in [3.63, 3.8) is 0 Å². The molecular weight excluding hydrogens is 408 g/mol. The molecule has 3 aromatic rings. The maximum absolute atomic E-state index is 12.8. The van der Waals surface area contributed by atoms with Crippen LogP contribution in [0, 0.1) is 0 Å². The Balaban J connectivity index is 1.94. The molecule has 3 rings (SSSR count). The number of amides is 1. The van der Waals surface area contributed by atoms with Gasteiger partial charge in [-0.3, -0.25) is 4.79 Å². The third-order valence-electron chi connectivity index (χ3n) is 4.36. The lowest BCUT2D eigenvalue weighted by molar-refractivity contribution is 0.0996. The van der Waals surface area contributed by atoms with E-state index in [1.54, 1.807) is 12.1 Å². The van der Waals surface area contributed by atoms with Gasteiger partial charge in [-0.15, -0.1) is 0 Å². The van der Waals surface area contributed by atoms with Crippen molar-refractivity contribution in [2.24, 2.45) is 4.99 Å². The minimum Gasteiger partial charge on any atom is -0.494 e. The predicted molar refractivity (Wildman–Crippen MR) is 118 cm³/mol. The van der Waals surface area contributed by atoms with Crippen LogP contribution in [0.4, 0.5) is 0 Å². The number of hydrogen-bond acceptors (Lipinski definition) is 4. The van der Waals surface area contributed by atoms with Gasteiger partial charge in [-0.25, -0.2) is 0 Å². The molecule has 7 heteroatoms. The smallest absolute Gasteiger partial charge is 0.279 e. The van der Waals surface area contributed by atoms with Crippen molar-refractivity contribution < 1.29 is 14.3 Å². The van der Waals surface area contributed by atoms with Crippen LogP contribution in [0.15, 0.2) is 47.5 Å². The van der Waals surface area contributed by atoms with Crippen molar-refractivity contribution in [3.8, 4) is 5.75 Å². The van der Waals surface area contributed by atoms with Crippen LogP contribution in [0.2, 0.25) is 5.02 Å². The first kappa shape index (κ1) is 21.6. The summed E-state index contributed by atoms with van der Waals surface area (Å²) in [5.74, 6) is 0.377. The topological polar surface area (TPSA) is 52.8 Å². The van der Waals surface area contributed by atoms with Gasteiger partial charge in [-0.2, -0.15) is 4.99 Å². The molecule has 29 heavy (non-hydrogen) atoms. The summed E-state index contributed by atoms with van der Waals surface area (Å²) < 4.78 is 14.1. The molecule has 0 bridgehead atoms. The summed E-state index contributed by atoms with van der Waals surface area (Å²) in [5, 5.41) is 0.635. The first-order valence-corrected chi connectivity index (χ1v) is 11.0. The van der Waals surface area contributed by atoms with Gasteiger partial charge >= 0.3 is 0 Å². The molecular formula is C22H25ClN2O3S. The quantitative estimate of drug-likeness (QED) is 0.430. The minimum atomic E-state index is -0.307. The van der Waals surface area contributed by atoms with E-state index >= 15 is 0 Å². The number of benzene rings is 2. The molecule has 0 fully saturated rings. The molecule has 0 aliphatic carbocycles. The van der Waals surface area contributed by atoms with E-state index in [9.17, 15) is 4.79 Å². The fraction of sp³-hybridized carbons (Fsp3) is 0.364. The maximum Gasteiger partial charge on any atom is 0.279 e. The molecule has 0 spiro atoms. The van der Waals surface area contributed by atoms with Gasteiger partial charge in [-0.1, -0.05) is 48.4 Å².